The first-order valence-electron chi connectivity index (χ1n) is 5.32. The van der Waals surface area contributed by atoms with Gasteiger partial charge >= 0.3 is 21.7 Å². The number of aryl methyl sites for hydroxylation is 1. The number of nitrogens with zero attached hydrogens (tertiary/aromatic N) is 1. The Hall–Kier alpha value is 0.0543. The van der Waals surface area contributed by atoms with E-state index in [1.807, 2.05) is 0 Å². The van der Waals surface area contributed by atoms with Crippen molar-refractivity contribution in [2.75, 3.05) is 0 Å². The van der Waals surface area contributed by atoms with E-state index in [1.165, 1.54) is 16.6 Å². The first kappa shape index (κ1) is 17.1. The fourth-order valence-electron chi connectivity index (χ4n) is 2.60. The standard InChI is InChI=1S/C13H14N.2ClH.Ti/c1-2-14-12-8-4-3-6-10(12)11-7-5-9-13(11)14;;;/h3-6,8H,2,7,9H2,1H3;2*1H;/q-1;;;+3/p-2. The van der Waals surface area contributed by atoms with Crippen molar-refractivity contribution in [3.05, 3.63) is 41.9 Å². The van der Waals surface area contributed by atoms with Crippen LogP contribution < -0.4 is 24.8 Å². The summed E-state index contributed by atoms with van der Waals surface area (Å²) in [5.41, 5.74) is 4.50. The fourth-order valence-corrected chi connectivity index (χ4v) is 2.60. The van der Waals surface area contributed by atoms with Crippen molar-refractivity contribution in [1.82, 2.24) is 4.57 Å². The number of benzene rings is 1. The summed E-state index contributed by atoms with van der Waals surface area (Å²) in [6, 6.07) is 8.75. The first-order valence-corrected chi connectivity index (χ1v) is 5.32. The van der Waals surface area contributed by atoms with Crippen molar-refractivity contribution < 1.29 is 46.5 Å². The molecule has 1 heterocycles. The molecule has 0 amide bonds. The minimum absolute atomic E-state index is 0. The molecule has 0 aliphatic heterocycles. The number of hydrogen-bond donors (Lipinski definition) is 0. The maximum Gasteiger partial charge on any atom is 3.00 e. The van der Waals surface area contributed by atoms with Crippen LogP contribution in [0, 0.1) is 6.42 Å². The minimum Gasteiger partial charge on any atom is -1.00 e. The zero-order valence-electron chi connectivity index (χ0n) is 9.71. The van der Waals surface area contributed by atoms with Crippen molar-refractivity contribution in [1.29, 1.82) is 0 Å². The van der Waals surface area contributed by atoms with Crippen molar-refractivity contribution in [3.8, 4) is 0 Å². The molecule has 1 aromatic heterocycles. The summed E-state index contributed by atoms with van der Waals surface area (Å²) < 4.78 is 2.45. The van der Waals surface area contributed by atoms with Crippen LogP contribution in [0.15, 0.2) is 24.3 Å². The molecule has 0 saturated heterocycles. The average molecular weight is 303 g/mol. The molecule has 4 heteroatoms. The molecule has 1 aromatic carbocycles. The van der Waals surface area contributed by atoms with Gasteiger partial charge in [0.1, 0.15) is 0 Å². The second-order valence-corrected chi connectivity index (χ2v) is 3.88. The van der Waals surface area contributed by atoms with Gasteiger partial charge in [0.2, 0.25) is 0 Å². The fraction of sp³-hybridized carbons (Fsp3) is 0.308. The van der Waals surface area contributed by atoms with E-state index in [2.05, 4.69) is 42.2 Å². The number of fused-ring (bicyclic) bond motifs is 3. The Labute approximate surface area is 130 Å². The van der Waals surface area contributed by atoms with Gasteiger partial charge in [-0.05, 0) is 18.7 Å². The summed E-state index contributed by atoms with van der Waals surface area (Å²) >= 11 is 0. The van der Waals surface area contributed by atoms with E-state index in [4.69, 9.17) is 0 Å². The number of rotatable bonds is 1. The van der Waals surface area contributed by atoms with E-state index in [9.17, 15) is 0 Å². The van der Waals surface area contributed by atoms with Gasteiger partial charge in [0.15, 0.2) is 0 Å². The molecule has 89 valence electrons. The van der Waals surface area contributed by atoms with E-state index in [0.717, 1.165) is 19.4 Å². The second kappa shape index (κ2) is 6.85. The second-order valence-electron chi connectivity index (χ2n) is 3.88. The monoisotopic (exact) mass is 302 g/mol. The maximum atomic E-state index is 2.45. The van der Waals surface area contributed by atoms with E-state index < -0.39 is 0 Å². The summed E-state index contributed by atoms with van der Waals surface area (Å²) in [6.45, 7) is 3.31. The third-order valence-corrected chi connectivity index (χ3v) is 3.20. The summed E-state index contributed by atoms with van der Waals surface area (Å²) in [5, 5.41) is 1.46. The van der Waals surface area contributed by atoms with E-state index >= 15 is 0 Å². The molecule has 2 aromatic rings. The quantitative estimate of drug-likeness (QED) is 0.390. The molecule has 17 heavy (non-hydrogen) atoms. The molecule has 3 rings (SSSR count). The third-order valence-electron chi connectivity index (χ3n) is 3.20. The van der Waals surface area contributed by atoms with Gasteiger partial charge in [-0.3, -0.25) is 0 Å². The molecule has 0 atom stereocenters. The van der Waals surface area contributed by atoms with Crippen molar-refractivity contribution in [2.45, 2.75) is 26.3 Å². The molecule has 0 N–H and O–H groups in total. The molecule has 0 unspecified atom stereocenters. The molecule has 1 aliphatic carbocycles. The van der Waals surface area contributed by atoms with Crippen LogP contribution in [-0.4, -0.2) is 4.57 Å². The first-order chi connectivity index (χ1) is 6.92. The molecular formula is C13H14Cl2NTi. The predicted molar refractivity (Wildman–Crippen MR) is 59.3 cm³/mol. The van der Waals surface area contributed by atoms with Crippen LogP contribution in [-0.2, 0) is 41.1 Å². The van der Waals surface area contributed by atoms with Gasteiger partial charge in [0, 0.05) is 17.4 Å². The van der Waals surface area contributed by atoms with Gasteiger partial charge in [-0.25, -0.2) is 0 Å². The molecule has 0 bridgehead atoms. The summed E-state index contributed by atoms with van der Waals surface area (Å²) in [6.07, 6.45) is 4.68. The van der Waals surface area contributed by atoms with Crippen LogP contribution in [0.25, 0.3) is 10.9 Å². The Morgan fingerprint density at radius 2 is 1.88 bits per heavy atom. The Bertz CT molecular complexity index is 478. The Morgan fingerprint density at radius 3 is 2.59 bits per heavy atom. The molecule has 1 nitrogen and oxygen atoms in total. The maximum absolute atomic E-state index is 2.45. The zero-order valence-corrected chi connectivity index (χ0v) is 12.8. The average Bonchev–Trinajstić information content (AvgIpc) is 2.77. The summed E-state index contributed by atoms with van der Waals surface area (Å²) in [5.74, 6) is 0. The van der Waals surface area contributed by atoms with Crippen molar-refractivity contribution >= 4 is 10.9 Å². The van der Waals surface area contributed by atoms with Gasteiger partial charge < -0.3 is 35.8 Å². The van der Waals surface area contributed by atoms with Crippen LogP contribution in [0.4, 0.5) is 0 Å². The summed E-state index contributed by atoms with van der Waals surface area (Å²) in [7, 11) is 0. The van der Waals surface area contributed by atoms with Crippen LogP contribution in [0.1, 0.15) is 18.2 Å². The van der Waals surface area contributed by atoms with Gasteiger partial charge in [-0.15, -0.1) is 6.42 Å². The number of hydrogen-bond acceptors (Lipinski definition) is 0. The van der Waals surface area contributed by atoms with Gasteiger partial charge in [-0.1, -0.05) is 23.8 Å². The van der Waals surface area contributed by atoms with Gasteiger partial charge in [0.05, 0.1) is 0 Å². The number of halogens is 2. The van der Waals surface area contributed by atoms with Crippen LogP contribution >= 0.6 is 0 Å². The predicted octanol–water partition coefficient (Wildman–Crippen LogP) is -3.03. The van der Waals surface area contributed by atoms with Crippen molar-refractivity contribution in [2.24, 2.45) is 0 Å². The van der Waals surface area contributed by atoms with Crippen LogP contribution in [0.3, 0.4) is 0 Å². The van der Waals surface area contributed by atoms with Crippen LogP contribution in [0.2, 0.25) is 0 Å². The zero-order chi connectivity index (χ0) is 9.54. The molecule has 1 aliphatic rings. The topological polar surface area (TPSA) is 4.93 Å². The Kier molecular flexibility index (Phi) is 6.87. The van der Waals surface area contributed by atoms with Gasteiger partial charge in [0.25, 0.3) is 0 Å². The molecular weight excluding hydrogens is 289 g/mol. The van der Waals surface area contributed by atoms with E-state index in [1.54, 1.807) is 5.56 Å². The van der Waals surface area contributed by atoms with Gasteiger partial charge in [-0.2, -0.15) is 6.42 Å². The normalized spacial score (nSPS) is 12.3. The largest absolute Gasteiger partial charge is 3.00 e. The van der Waals surface area contributed by atoms with E-state index in [0.29, 0.717) is 0 Å². The molecule has 0 saturated carbocycles. The SMILES string of the molecule is CCn1c2c(c3ccccc31)C[CH-]C2.[Cl-].[Cl-].[Ti+3]. The third kappa shape index (κ3) is 2.58. The minimum atomic E-state index is 0. The van der Waals surface area contributed by atoms with Crippen molar-refractivity contribution in [3.63, 3.8) is 0 Å². The molecule has 0 fully saturated rings. The number of aromatic nitrogens is 1. The smallest absolute Gasteiger partial charge is 1.00 e. The number of para-hydroxylation sites is 1. The molecule has 0 spiro atoms. The Balaban J connectivity index is 0.000000853. The van der Waals surface area contributed by atoms with Crippen LogP contribution in [0.5, 0.6) is 0 Å². The molecule has 1 radical (unpaired) electrons. The van der Waals surface area contributed by atoms with E-state index in [-0.39, 0.29) is 46.5 Å². The summed E-state index contributed by atoms with van der Waals surface area (Å²) in [4.78, 5) is 0. The Morgan fingerprint density at radius 1 is 1.18 bits per heavy atom.